The molecule has 0 saturated carbocycles. The summed E-state index contributed by atoms with van der Waals surface area (Å²) in [5.41, 5.74) is 0. The molecular formula is C7H4Br2N4. The number of nitrogens with zero attached hydrogens (tertiary/aromatic N) is 4. The summed E-state index contributed by atoms with van der Waals surface area (Å²) in [6.45, 7) is 0. The molecule has 0 bridgehead atoms. The molecule has 2 rings (SSSR count). The topological polar surface area (TPSA) is 43.6 Å². The Labute approximate surface area is 91.3 Å². The molecule has 0 aliphatic rings. The highest BCUT2D eigenvalue weighted by Crippen LogP contribution is 2.17. The van der Waals surface area contributed by atoms with E-state index in [2.05, 4.69) is 46.8 Å². The van der Waals surface area contributed by atoms with E-state index >= 15 is 0 Å². The van der Waals surface area contributed by atoms with Gasteiger partial charge in [-0.1, -0.05) is 0 Å². The van der Waals surface area contributed by atoms with Gasteiger partial charge in [0, 0.05) is 18.6 Å². The smallest absolute Gasteiger partial charge is 0.235 e. The average molecular weight is 304 g/mol. The van der Waals surface area contributed by atoms with Crippen LogP contribution in [0.3, 0.4) is 0 Å². The quantitative estimate of drug-likeness (QED) is 0.811. The highest BCUT2D eigenvalue weighted by molar-refractivity contribution is 9.11. The molecule has 0 aliphatic carbocycles. The largest absolute Gasteiger partial charge is 0.261 e. The first-order chi connectivity index (χ1) is 6.27. The molecular weight excluding hydrogens is 300 g/mol. The van der Waals surface area contributed by atoms with Crippen molar-refractivity contribution in [1.29, 1.82) is 0 Å². The van der Waals surface area contributed by atoms with Crippen LogP contribution < -0.4 is 0 Å². The minimum Gasteiger partial charge on any atom is -0.261 e. The normalized spacial score (nSPS) is 10.3. The van der Waals surface area contributed by atoms with Crippen LogP contribution in [0.4, 0.5) is 0 Å². The Bertz CT molecular complexity index is 412. The van der Waals surface area contributed by atoms with Gasteiger partial charge in [0.15, 0.2) is 4.73 Å². The highest BCUT2D eigenvalue weighted by Gasteiger charge is 2.06. The number of halogens is 2. The molecule has 2 aromatic rings. The molecule has 4 nitrogen and oxygen atoms in total. The van der Waals surface area contributed by atoms with Crippen LogP contribution in [-0.2, 0) is 0 Å². The number of imidazole rings is 1. The molecule has 2 aromatic heterocycles. The Morgan fingerprint density at radius 2 is 1.85 bits per heavy atom. The third-order valence-corrected chi connectivity index (χ3v) is 2.34. The first-order valence-corrected chi connectivity index (χ1v) is 5.04. The Hall–Kier alpha value is -0.750. The molecule has 0 atom stereocenters. The van der Waals surface area contributed by atoms with Gasteiger partial charge < -0.3 is 0 Å². The van der Waals surface area contributed by atoms with Crippen molar-refractivity contribution < 1.29 is 0 Å². The zero-order valence-electron chi connectivity index (χ0n) is 6.35. The van der Waals surface area contributed by atoms with E-state index in [9.17, 15) is 0 Å². The molecule has 2 heterocycles. The summed E-state index contributed by atoms with van der Waals surface area (Å²) in [4.78, 5) is 12.3. The summed E-state index contributed by atoms with van der Waals surface area (Å²) in [6, 6.07) is 1.77. The van der Waals surface area contributed by atoms with E-state index in [0.717, 1.165) is 4.60 Å². The molecule has 0 unspecified atom stereocenters. The lowest BCUT2D eigenvalue weighted by atomic mass is 10.7. The van der Waals surface area contributed by atoms with E-state index in [-0.39, 0.29) is 0 Å². The fourth-order valence-corrected chi connectivity index (χ4v) is 1.95. The van der Waals surface area contributed by atoms with Gasteiger partial charge in [-0.15, -0.1) is 0 Å². The van der Waals surface area contributed by atoms with E-state index in [1.807, 2.05) is 0 Å². The third kappa shape index (κ3) is 1.78. The maximum absolute atomic E-state index is 4.10. The second kappa shape index (κ2) is 3.55. The monoisotopic (exact) mass is 302 g/mol. The van der Waals surface area contributed by atoms with Gasteiger partial charge in [0.1, 0.15) is 4.60 Å². The summed E-state index contributed by atoms with van der Waals surface area (Å²) in [5, 5.41) is 0. The molecule has 13 heavy (non-hydrogen) atoms. The molecule has 0 amide bonds. The summed E-state index contributed by atoms with van der Waals surface area (Å²) in [5.74, 6) is 0.590. The van der Waals surface area contributed by atoms with E-state index < -0.39 is 0 Å². The number of rotatable bonds is 1. The first kappa shape index (κ1) is 8.83. The van der Waals surface area contributed by atoms with Crippen molar-refractivity contribution >= 4 is 31.9 Å². The van der Waals surface area contributed by atoms with Crippen molar-refractivity contribution in [2.24, 2.45) is 0 Å². The lowest BCUT2D eigenvalue weighted by Crippen LogP contribution is -1.98. The molecule has 6 heteroatoms. The van der Waals surface area contributed by atoms with Gasteiger partial charge in [-0.2, -0.15) is 0 Å². The average Bonchev–Trinajstić information content (AvgIpc) is 2.47. The second-order valence-electron chi connectivity index (χ2n) is 2.25. The van der Waals surface area contributed by atoms with Crippen molar-refractivity contribution in [3.63, 3.8) is 0 Å². The second-order valence-corrected chi connectivity index (χ2v) is 3.77. The Balaban J connectivity index is 2.53. The predicted octanol–water partition coefficient (Wildman–Crippen LogP) is 2.19. The summed E-state index contributed by atoms with van der Waals surface area (Å²) < 4.78 is 3.15. The van der Waals surface area contributed by atoms with Gasteiger partial charge in [-0.3, -0.25) is 4.57 Å². The van der Waals surface area contributed by atoms with Gasteiger partial charge >= 0.3 is 0 Å². The number of hydrogen-bond donors (Lipinski definition) is 0. The predicted molar refractivity (Wildman–Crippen MR) is 54.6 cm³/mol. The maximum atomic E-state index is 4.10. The molecule has 0 N–H and O–H groups in total. The molecule has 0 fully saturated rings. The highest BCUT2D eigenvalue weighted by atomic mass is 79.9. The summed E-state index contributed by atoms with van der Waals surface area (Å²) >= 11 is 6.56. The van der Waals surface area contributed by atoms with Crippen molar-refractivity contribution in [3.8, 4) is 5.95 Å². The molecule has 0 spiro atoms. The van der Waals surface area contributed by atoms with Crippen molar-refractivity contribution in [2.45, 2.75) is 0 Å². The lowest BCUT2D eigenvalue weighted by Gasteiger charge is -1.98. The molecule has 0 radical (unpaired) electrons. The van der Waals surface area contributed by atoms with Gasteiger partial charge in [-0.25, -0.2) is 15.0 Å². The van der Waals surface area contributed by atoms with E-state index in [4.69, 9.17) is 0 Å². The van der Waals surface area contributed by atoms with Crippen molar-refractivity contribution in [2.75, 3.05) is 0 Å². The minimum atomic E-state index is 0.590. The van der Waals surface area contributed by atoms with Crippen LogP contribution in [-0.4, -0.2) is 19.5 Å². The van der Waals surface area contributed by atoms with Crippen molar-refractivity contribution in [1.82, 2.24) is 19.5 Å². The Morgan fingerprint density at radius 3 is 2.38 bits per heavy atom. The van der Waals surface area contributed by atoms with Crippen LogP contribution in [0.25, 0.3) is 5.95 Å². The molecule has 66 valence electrons. The number of aromatic nitrogens is 4. The number of hydrogen-bond acceptors (Lipinski definition) is 3. The first-order valence-electron chi connectivity index (χ1n) is 3.45. The van der Waals surface area contributed by atoms with Gasteiger partial charge in [0.25, 0.3) is 0 Å². The summed E-state index contributed by atoms with van der Waals surface area (Å²) in [6.07, 6.45) is 5.16. The van der Waals surface area contributed by atoms with E-state index in [1.54, 1.807) is 29.2 Å². The van der Waals surface area contributed by atoms with E-state index in [0.29, 0.717) is 10.7 Å². The fourth-order valence-electron chi connectivity index (χ4n) is 0.887. The van der Waals surface area contributed by atoms with Gasteiger partial charge in [0.2, 0.25) is 5.95 Å². The third-order valence-electron chi connectivity index (χ3n) is 1.40. The van der Waals surface area contributed by atoms with Crippen LogP contribution >= 0.6 is 31.9 Å². The Morgan fingerprint density at radius 1 is 1.15 bits per heavy atom. The molecule has 0 aromatic carbocycles. The molecule has 0 aliphatic heterocycles. The summed E-state index contributed by atoms with van der Waals surface area (Å²) in [7, 11) is 0. The lowest BCUT2D eigenvalue weighted by molar-refractivity contribution is 0.901. The SMILES string of the molecule is Brc1cn(-c2ncccn2)c(Br)n1. The fraction of sp³-hybridized carbons (Fsp3) is 0. The van der Waals surface area contributed by atoms with Gasteiger partial charge in [0.05, 0.1) is 0 Å². The van der Waals surface area contributed by atoms with Crippen molar-refractivity contribution in [3.05, 3.63) is 34.0 Å². The van der Waals surface area contributed by atoms with E-state index in [1.165, 1.54) is 0 Å². The minimum absolute atomic E-state index is 0.590. The van der Waals surface area contributed by atoms with Crippen LogP contribution in [0.1, 0.15) is 0 Å². The van der Waals surface area contributed by atoms with Crippen LogP contribution in [0, 0.1) is 0 Å². The van der Waals surface area contributed by atoms with Gasteiger partial charge in [-0.05, 0) is 37.9 Å². The zero-order chi connectivity index (χ0) is 9.26. The van der Waals surface area contributed by atoms with Crippen LogP contribution in [0.15, 0.2) is 34.0 Å². The van der Waals surface area contributed by atoms with Crippen LogP contribution in [0.2, 0.25) is 0 Å². The maximum Gasteiger partial charge on any atom is 0.235 e. The zero-order valence-corrected chi connectivity index (χ0v) is 9.53. The molecule has 0 saturated heterocycles. The van der Waals surface area contributed by atoms with Crippen LogP contribution in [0.5, 0.6) is 0 Å². The standard InChI is InChI=1S/C7H4Br2N4/c8-5-4-13(6(9)12-5)7-10-2-1-3-11-7/h1-4H. The Kier molecular flexibility index (Phi) is 2.41.